The minimum Gasteiger partial charge on any atom is -0.465 e. The van der Waals surface area contributed by atoms with Crippen molar-refractivity contribution in [1.82, 2.24) is 0 Å². The molecule has 1 aromatic rings. The minimum atomic E-state index is -0.335. The number of allylic oxidation sites excluding steroid dienone is 5. The van der Waals surface area contributed by atoms with Crippen LogP contribution in [0.1, 0.15) is 24.5 Å². The summed E-state index contributed by atoms with van der Waals surface area (Å²) in [4.78, 5) is 11.5. The summed E-state index contributed by atoms with van der Waals surface area (Å²) in [7, 11) is 0. The van der Waals surface area contributed by atoms with Crippen LogP contribution in [0, 0.1) is 0 Å². The van der Waals surface area contributed by atoms with Crippen molar-refractivity contribution in [3.05, 3.63) is 66.3 Å². The standard InChI is InChI=1S/C19H20O3/c1-3-5-14-6-7-17-16(12-14)19(10-8-15(20)9-11-19)13-18(22-17)21-4-2/h3,6-12,18H,1,4-5,13H2,2H3. The highest BCUT2D eigenvalue weighted by molar-refractivity contribution is 6.00. The lowest BCUT2D eigenvalue weighted by Gasteiger charge is -2.39. The fourth-order valence-corrected chi connectivity index (χ4v) is 3.07. The van der Waals surface area contributed by atoms with Crippen LogP contribution in [0.4, 0.5) is 0 Å². The zero-order valence-electron chi connectivity index (χ0n) is 12.7. The van der Waals surface area contributed by atoms with Crippen molar-refractivity contribution in [1.29, 1.82) is 0 Å². The molecule has 1 atom stereocenters. The lowest BCUT2D eigenvalue weighted by Crippen LogP contribution is -2.38. The lowest BCUT2D eigenvalue weighted by molar-refractivity contribution is -0.111. The number of hydrogen-bond donors (Lipinski definition) is 0. The summed E-state index contributed by atoms with van der Waals surface area (Å²) in [5, 5.41) is 0. The van der Waals surface area contributed by atoms with Crippen LogP contribution in [0.25, 0.3) is 0 Å². The van der Waals surface area contributed by atoms with Gasteiger partial charge in [-0.05, 0) is 37.1 Å². The Morgan fingerprint density at radius 1 is 1.41 bits per heavy atom. The third-order valence-corrected chi connectivity index (χ3v) is 4.13. The van der Waals surface area contributed by atoms with E-state index >= 15 is 0 Å². The molecular formula is C19H20O3. The Labute approximate surface area is 130 Å². The third kappa shape index (κ3) is 2.64. The van der Waals surface area contributed by atoms with Gasteiger partial charge in [-0.2, -0.15) is 0 Å². The molecule has 2 aliphatic rings. The van der Waals surface area contributed by atoms with E-state index in [1.54, 1.807) is 12.2 Å². The number of ketones is 1. The van der Waals surface area contributed by atoms with Crippen LogP contribution >= 0.6 is 0 Å². The highest BCUT2D eigenvalue weighted by Crippen LogP contribution is 2.45. The molecule has 0 radical (unpaired) electrons. The molecule has 1 aliphatic carbocycles. The van der Waals surface area contributed by atoms with Gasteiger partial charge in [-0.15, -0.1) is 6.58 Å². The molecule has 0 aromatic heterocycles. The topological polar surface area (TPSA) is 35.5 Å². The molecule has 114 valence electrons. The van der Waals surface area contributed by atoms with Crippen molar-refractivity contribution < 1.29 is 14.3 Å². The average Bonchev–Trinajstić information content (AvgIpc) is 2.52. The summed E-state index contributed by atoms with van der Waals surface area (Å²) in [5.41, 5.74) is 1.94. The molecule has 3 heteroatoms. The Kier molecular flexibility index (Phi) is 3.99. The number of rotatable bonds is 4. The molecule has 1 aliphatic heterocycles. The van der Waals surface area contributed by atoms with Gasteiger partial charge in [-0.25, -0.2) is 0 Å². The number of carbonyl (C=O) groups excluding carboxylic acids is 1. The van der Waals surface area contributed by atoms with Gasteiger partial charge in [0.1, 0.15) is 5.75 Å². The van der Waals surface area contributed by atoms with Gasteiger partial charge in [0.05, 0.1) is 0 Å². The molecule has 0 saturated heterocycles. The first-order valence-electron chi connectivity index (χ1n) is 7.62. The zero-order chi connectivity index (χ0) is 15.6. The second-order valence-corrected chi connectivity index (χ2v) is 5.64. The molecule has 3 rings (SSSR count). The van der Waals surface area contributed by atoms with Gasteiger partial charge in [-0.1, -0.05) is 30.4 Å². The second-order valence-electron chi connectivity index (χ2n) is 5.64. The Hall–Kier alpha value is -2.13. The molecular weight excluding hydrogens is 276 g/mol. The lowest BCUT2D eigenvalue weighted by atomic mass is 9.72. The van der Waals surface area contributed by atoms with Crippen LogP contribution in [0.15, 0.2) is 55.2 Å². The quantitative estimate of drug-likeness (QED) is 0.798. The van der Waals surface area contributed by atoms with Crippen LogP contribution in [0.2, 0.25) is 0 Å². The van der Waals surface area contributed by atoms with E-state index in [1.165, 1.54) is 5.56 Å². The van der Waals surface area contributed by atoms with Gasteiger partial charge in [-0.3, -0.25) is 4.79 Å². The normalized spacial score (nSPS) is 21.5. The van der Waals surface area contributed by atoms with Gasteiger partial charge in [0, 0.05) is 24.0 Å². The zero-order valence-corrected chi connectivity index (χ0v) is 12.7. The van der Waals surface area contributed by atoms with Gasteiger partial charge in [0.2, 0.25) is 6.29 Å². The summed E-state index contributed by atoms with van der Waals surface area (Å²) in [6.07, 6.45) is 10.3. The molecule has 0 saturated carbocycles. The van der Waals surface area contributed by atoms with E-state index in [2.05, 4.69) is 12.6 Å². The minimum absolute atomic E-state index is 0.0221. The molecule has 22 heavy (non-hydrogen) atoms. The van der Waals surface area contributed by atoms with Crippen LogP contribution in [-0.4, -0.2) is 18.7 Å². The van der Waals surface area contributed by atoms with Crippen molar-refractivity contribution in [3.8, 4) is 5.75 Å². The molecule has 0 N–H and O–H groups in total. The van der Waals surface area contributed by atoms with Crippen LogP contribution < -0.4 is 4.74 Å². The number of ether oxygens (including phenoxy) is 2. The number of hydrogen-bond acceptors (Lipinski definition) is 3. The maximum Gasteiger partial charge on any atom is 0.201 e. The maximum atomic E-state index is 11.5. The highest BCUT2D eigenvalue weighted by Gasteiger charge is 2.39. The van der Waals surface area contributed by atoms with Gasteiger partial charge < -0.3 is 9.47 Å². The monoisotopic (exact) mass is 296 g/mol. The fourth-order valence-electron chi connectivity index (χ4n) is 3.07. The van der Waals surface area contributed by atoms with Gasteiger partial charge in [0.15, 0.2) is 5.78 Å². The summed E-state index contributed by atoms with van der Waals surface area (Å²) in [5.74, 6) is 0.843. The number of benzene rings is 1. The van der Waals surface area contributed by atoms with Crippen LogP contribution in [0.5, 0.6) is 5.75 Å². The predicted molar refractivity (Wildman–Crippen MR) is 86.0 cm³/mol. The van der Waals surface area contributed by atoms with Crippen molar-refractivity contribution >= 4 is 5.78 Å². The summed E-state index contributed by atoms with van der Waals surface area (Å²) >= 11 is 0. The first-order chi connectivity index (χ1) is 10.7. The maximum absolute atomic E-state index is 11.5. The van der Waals surface area contributed by atoms with Gasteiger partial charge >= 0.3 is 0 Å². The van der Waals surface area contributed by atoms with Crippen LogP contribution in [-0.2, 0) is 21.4 Å². The molecule has 1 aromatic carbocycles. The summed E-state index contributed by atoms with van der Waals surface area (Å²) < 4.78 is 11.6. The predicted octanol–water partition coefficient (Wildman–Crippen LogP) is 3.49. The van der Waals surface area contributed by atoms with E-state index in [1.807, 2.05) is 37.3 Å². The number of fused-ring (bicyclic) bond motifs is 2. The Morgan fingerprint density at radius 2 is 2.18 bits per heavy atom. The molecule has 1 spiro atoms. The first-order valence-corrected chi connectivity index (χ1v) is 7.62. The summed E-state index contributed by atoms with van der Waals surface area (Å²) in [6, 6.07) is 6.17. The van der Waals surface area contributed by atoms with Crippen molar-refractivity contribution in [3.63, 3.8) is 0 Å². The summed E-state index contributed by atoms with van der Waals surface area (Å²) in [6.45, 7) is 6.34. The van der Waals surface area contributed by atoms with E-state index in [4.69, 9.17) is 9.47 Å². The van der Waals surface area contributed by atoms with Crippen molar-refractivity contribution in [2.75, 3.05) is 6.61 Å². The average molecular weight is 296 g/mol. The van der Waals surface area contributed by atoms with Gasteiger partial charge in [0.25, 0.3) is 0 Å². The molecule has 1 heterocycles. The van der Waals surface area contributed by atoms with E-state index in [9.17, 15) is 4.79 Å². The van der Waals surface area contributed by atoms with E-state index in [-0.39, 0.29) is 17.5 Å². The van der Waals surface area contributed by atoms with E-state index < -0.39 is 0 Å². The van der Waals surface area contributed by atoms with Crippen molar-refractivity contribution in [2.24, 2.45) is 0 Å². The Balaban J connectivity index is 2.07. The molecule has 3 nitrogen and oxygen atoms in total. The third-order valence-electron chi connectivity index (χ3n) is 4.13. The SMILES string of the molecule is C=CCc1ccc2c(c1)C1(C=CC(=O)C=C1)CC(OCC)O2. The molecule has 0 fully saturated rings. The first kappa shape index (κ1) is 14.8. The smallest absolute Gasteiger partial charge is 0.201 e. The Morgan fingerprint density at radius 3 is 2.86 bits per heavy atom. The Bertz CT molecular complexity index is 639. The molecule has 1 unspecified atom stereocenters. The largest absolute Gasteiger partial charge is 0.465 e. The second kappa shape index (κ2) is 5.93. The van der Waals surface area contributed by atoms with E-state index in [0.29, 0.717) is 13.0 Å². The van der Waals surface area contributed by atoms with Crippen LogP contribution in [0.3, 0.4) is 0 Å². The van der Waals surface area contributed by atoms with Crippen molar-refractivity contribution in [2.45, 2.75) is 31.5 Å². The fraction of sp³-hybridized carbons (Fsp3) is 0.316. The number of carbonyl (C=O) groups is 1. The van der Waals surface area contributed by atoms with E-state index in [0.717, 1.165) is 17.7 Å². The molecule has 0 bridgehead atoms. The molecule has 0 amide bonds. The highest BCUT2D eigenvalue weighted by atomic mass is 16.7.